The van der Waals surface area contributed by atoms with Crippen molar-refractivity contribution in [2.45, 2.75) is 277 Å². The Morgan fingerprint density at radius 1 is 0.523 bits per heavy atom. The van der Waals surface area contributed by atoms with Gasteiger partial charge in [-0.15, -0.1) is 0 Å². The van der Waals surface area contributed by atoms with Gasteiger partial charge >= 0.3 is 29.6 Å². The first kappa shape index (κ1) is 71.1. The summed E-state index contributed by atoms with van der Waals surface area (Å²) in [6, 6.07) is 0. The van der Waals surface area contributed by atoms with Crippen molar-refractivity contribution in [1.29, 1.82) is 0 Å². The molecule has 0 N–H and O–H groups in total. The first-order valence-electron chi connectivity index (χ1n) is 35.6. The molecule has 0 aromatic heterocycles. The summed E-state index contributed by atoms with van der Waals surface area (Å²) in [6.45, 7) is 40.9. The zero-order valence-corrected chi connectivity index (χ0v) is 60.1. The Hall–Kier alpha value is -0.720. The van der Waals surface area contributed by atoms with E-state index in [1.54, 1.807) is 6.92 Å². The Balaban J connectivity index is 0.000000200. The van der Waals surface area contributed by atoms with Gasteiger partial charge in [0.2, 0.25) is 0 Å². The van der Waals surface area contributed by atoms with Crippen LogP contribution in [-0.2, 0) is 42.9 Å². The Kier molecular flexibility index (Phi) is 22.3. The van der Waals surface area contributed by atoms with Crippen molar-refractivity contribution in [2.75, 3.05) is 40.1 Å². The van der Waals surface area contributed by atoms with E-state index in [0.29, 0.717) is 75.0 Å². The Labute approximate surface area is 546 Å². The molecule has 2 aliphatic heterocycles. The number of ether oxygens (including phenoxy) is 5. The summed E-state index contributed by atoms with van der Waals surface area (Å²) in [6.07, 6.45) is 31.6. The number of Topliss-reactive ketones (excluding diaryl/α,β-unsaturated/α-hetero) is 2. The molecule has 3 unspecified atom stereocenters. The molecule has 486 valence electrons. The minimum absolute atomic E-state index is 0. The zero-order valence-electron chi connectivity index (χ0n) is 58.1. The van der Waals surface area contributed by atoms with Crippen LogP contribution in [0.15, 0.2) is 0 Å². The number of hydrogen-bond acceptors (Lipinski definition) is 10. The monoisotopic (exact) mass is 1210 g/mol. The van der Waals surface area contributed by atoms with E-state index in [1.807, 2.05) is 0 Å². The van der Waals surface area contributed by atoms with E-state index in [0.717, 1.165) is 126 Å². The van der Waals surface area contributed by atoms with Crippen LogP contribution in [0, 0.1) is 131 Å². The molecule has 11 heteroatoms. The van der Waals surface area contributed by atoms with E-state index in [9.17, 15) is 19.2 Å². The number of rotatable bonds is 11. The number of carbonyl (C=O) groups is 4. The maximum Gasteiger partial charge on any atom is 1.00 e. The normalized spacial score (nSPS) is 47.6. The van der Waals surface area contributed by atoms with Crippen molar-refractivity contribution in [3.8, 4) is 0 Å². The number of aldehydes is 1. The molecule has 12 rings (SSSR count). The van der Waals surface area contributed by atoms with Crippen molar-refractivity contribution in [3.63, 3.8) is 0 Å². The fraction of sp³-hybridized carbons (Fsp3) is 0.947. The third-order valence-corrected chi connectivity index (χ3v) is 30.3. The molecular formula is C75H125NaO10. The molecule has 21 atom stereocenters. The number of carbonyl (C=O) groups excluding carboxylic acids is 4. The summed E-state index contributed by atoms with van der Waals surface area (Å²) in [5.41, 5.74) is 1.74. The van der Waals surface area contributed by atoms with Gasteiger partial charge in [0.25, 0.3) is 6.47 Å². The molecule has 86 heavy (non-hydrogen) atoms. The molecule has 0 bridgehead atoms. The standard InChI is InChI=1S/C36H58O4.C35H58O3.C3H6O2.CH3O.Na/c1-23(2)25-13-16-36(22-40-29-10-8-9-19-39-29)18-17-34(6)26(30(25)36)11-12-28-33(5)20-24(21-37)31(38)32(3,4)27(33)14-15-35(28,34)7;1-23(2)24-13-18-35(22-38-29-10-8-9-21-37-29)20-19-33(6)25(30(24)35)11-12-27-32(5)16-15-28(36)31(3,4)26(32)14-17-34(27,33)7;1-2-5-3-4;1-2;/h21,23-30H,8-20,22H2,1-7H3;23-27,29-30H,8-22H2,1-7H3;3H,2H2,1H3;1H3;/q;;;-1;+1/t24?,25-,26+,27-,28+,29?,30+,33-,34+,35+,36+;24-,25+,26-,27+,29?,30+,32-,33+,34+,35+;;;/m00.../s1. The van der Waals surface area contributed by atoms with Gasteiger partial charge in [0, 0.05) is 30.5 Å². The van der Waals surface area contributed by atoms with Gasteiger partial charge in [-0.05, 0) is 275 Å². The Morgan fingerprint density at radius 2 is 0.977 bits per heavy atom. The maximum absolute atomic E-state index is 13.4. The van der Waals surface area contributed by atoms with Crippen molar-refractivity contribution in [2.24, 2.45) is 131 Å². The van der Waals surface area contributed by atoms with Crippen LogP contribution in [-0.4, -0.2) is 77.0 Å². The van der Waals surface area contributed by atoms with E-state index < -0.39 is 11.3 Å². The summed E-state index contributed by atoms with van der Waals surface area (Å²) in [5, 5.41) is 8.25. The van der Waals surface area contributed by atoms with Gasteiger partial charge in [-0.2, -0.15) is 7.11 Å². The second kappa shape index (κ2) is 26.9. The van der Waals surface area contributed by atoms with Gasteiger partial charge < -0.3 is 33.6 Å². The number of ketones is 2. The average molecular weight is 1210 g/mol. The largest absolute Gasteiger partial charge is 1.00 e. The van der Waals surface area contributed by atoms with E-state index in [2.05, 4.69) is 102 Å². The summed E-state index contributed by atoms with van der Waals surface area (Å²) >= 11 is 0. The van der Waals surface area contributed by atoms with Crippen molar-refractivity contribution < 1.29 is 77.5 Å². The Morgan fingerprint density at radius 3 is 1.37 bits per heavy atom. The van der Waals surface area contributed by atoms with Crippen LogP contribution in [0.1, 0.15) is 264 Å². The second-order valence-corrected chi connectivity index (χ2v) is 34.4. The van der Waals surface area contributed by atoms with E-state index in [4.69, 9.17) is 24.1 Å². The van der Waals surface area contributed by atoms with Crippen LogP contribution in [0.4, 0.5) is 0 Å². The minimum Gasteiger partial charge on any atom is -0.857 e. The van der Waals surface area contributed by atoms with Crippen LogP contribution in [0.5, 0.6) is 0 Å². The summed E-state index contributed by atoms with van der Waals surface area (Å²) in [5.74, 6) is 8.67. The molecule has 0 aromatic rings. The first-order valence-corrected chi connectivity index (χ1v) is 35.6. The van der Waals surface area contributed by atoms with Gasteiger partial charge in [0.1, 0.15) is 17.9 Å². The number of fused-ring (bicyclic) bond motifs is 14. The molecule has 0 amide bonds. The molecule has 0 radical (unpaired) electrons. The topological polar surface area (TPSA) is 137 Å². The quantitative estimate of drug-likeness (QED) is 0.112. The summed E-state index contributed by atoms with van der Waals surface area (Å²) in [4.78, 5) is 47.8. The molecule has 10 nitrogen and oxygen atoms in total. The summed E-state index contributed by atoms with van der Waals surface area (Å²) < 4.78 is 29.5. The van der Waals surface area contributed by atoms with Gasteiger partial charge in [-0.1, -0.05) is 96.9 Å². The summed E-state index contributed by atoms with van der Waals surface area (Å²) in [7, 11) is 0.750. The Bertz CT molecular complexity index is 2320. The van der Waals surface area contributed by atoms with Crippen molar-refractivity contribution in [3.05, 3.63) is 0 Å². The molecule has 0 spiro atoms. The third-order valence-electron chi connectivity index (χ3n) is 30.3. The fourth-order valence-electron chi connectivity index (χ4n) is 25.8. The maximum atomic E-state index is 13.4. The van der Waals surface area contributed by atoms with Gasteiger partial charge in [0.05, 0.1) is 25.7 Å². The predicted molar refractivity (Wildman–Crippen MR) is 336 cm³/mol. The van der Waals surface area contributed by atoms with Gasteiger partial charge in [-0.25, -0.2) is 0 Å². The predicted octanol–water partition coefficient (Wildman–Crippen LogP) is 13.3. The first-order chi connectivity index (χ1) is 40.1. The van der Waals surface area contributed by atoms with Gasteiger partial charge in [0.15, 0.2) is 12.6 Å². The molecule has 10 aliphatic carbocycles. The van der Waals surface area contributed by atoms with E-state index in [-0.39, 0.29) is 64.2 Å². The molecule has 2 saturated heterocycles. The second-order valence-electron chi connectivity index (χ2n) is 34.4. The number of hydrogen-bond donors (Lipinski definition) is 0. The molecular weight excluding hydrogens is 1080 g/mol. The minimum atomic E-state index is -0.428. The molecule has 10 saturated carbocycles. The molecule has 2 heterocycles. The van der Waals surface area contributed by atoms with Crippen molar-refractivity contribution >= 4 is 24.3 Å². The van der Waals surface area contributed by atoms with Crippen LogP contribution in [0.2, 0.25) is 0 Å². The van der Waals surface area contributed by atoms with Gasteiger partial charge in [-0.3, -0.25) is 14.4 Å². The molecule has 12 fully saturated rings. The van der Waals surface area contributed by atoms with E-state index in [1.165, 1.54) is 122 Å². The fourth-order valence-corrected chi connectivity index (χ4v) is 25.8. The SMILES string of the molecule is CC(C)[C@@H]1CC[C@]2(COC3CCCCO3)CC[C@]3(C)[C@H](CC[C@@H]4[C@@]5(C)CC(C=O)C(=O)C(C)(C)[C@@H]5CC[C@]43C)[C@@H]12.CC(C)[C@@H]1CC[C@]2(COC3CCCCO3)CC[C@]3(C)[C@H](CC[C@@H]4[C@@]5(C)CCC(=O)C(C)(C)[C@@H]5CC[C@]43C)[C@@H]12.CCOC=O.C[O-].[Na+]. The van der Waals surface area contributed by atoms with Crippen molar-refractivity contribution in [1.82, 2.24) is 0 Å². The smallest absolute Gasteiger partial charge is 0.857 e. The third kappa shape index (κ3) is 11.6. The molecule has 0 aromatic carbocycles. The van der Waals surface area contributed by atoms with E-state index >= 15 is 0 Å². The van der Waals surface area contributed by atoms with Crippen LogP contribution in [0.25, 0.3) is 0 Å². The average Bonchev–Trinajstić information content (AvgIpc) is 0.944. The zero-order chi connectivity index (χ0) is 62.0. The molecule has 12 aliphatic rings. The van der Waals surface area contributed by atoms with Crippen LogP contribution in [0.3, 0.4) is 0 Å². The van der Waals surface area contributed by atoms with Crippen LogP contribution < -0.4 is 34.7 Å². The van der Waals surface area contributed by atoms with Crippen LogP contribution >= 0.6 is 0 Å².